The Balaban J connectivity index is 2.01. The molecule has 0 aliphatic carbocycles. The van der Waals surface area contributed by atoms with Crippen molar-refractivity contribution in [3.63, 3.8) is 0 Å². The van der Waals surface area contributed by atoms with Crippen molar-refractivity contribution in [3.05, 3.63) is 99.1 Å². The van der Waals surface area contributed by atoms with Gasteiger partial charge in [0.2, 0.25) is 0 Å². The second-order valence-corrected chi connectivity index (χ2v) is 8.45. The van der Waals surface area contributed by atoms with Gasteiger partial charge in [-0.2, -0.15) is 0 Å². The van der Waals surface area contributed by atoms with Crippen molar-refractivity contribution < 1.29 is 5.11 Å². The summed E-state index contributed by atoms with van der Waals surface area (Å²) in [5, 5.41) is 10.5. The predicted octanol–water partition coefficient (Wildman–Crippen LogP) is 5.75. The van der Waals surface area contributed by atoms with E-state index in [0.717, 1.165) is 39.5 Å². The molecule has 2 radical (unpaired) electrons. The van der Waals surface area contributed by atoms with Crippen molar-refractivity contribution in [3.8, 4) is 5.75 Å². The third-order valence-electron chi connectivity index (χ3n) is 5.44. The first-order valence-corrected chi connectivity index (χ1v) is 11.3. The molecule has 138 valence electrons. The van der Waals surface area contributed by atoms with Gasteiger partial charge in [-0.05, 0) is 77.7 Å². The largest absolute Gasteiger partial charge is 0.507 e. The Morgan fingerprint density at radius 3 is 1.78 bits per heavy atom. The lowest BCUT2D eigenvalue weighted by Crippen LogP contribution is -2.05. The minimum absolute atomic E-state index is 0.426. The van der Waals surface area contributed by atoms with Crippen molar-refractivity contribution in [2.45, 2.75) is 46.2 Å². The zero-order chi connectivity index (χ0) is 19.4. The van der Waals surface area contributed by atoms with Crippen LogP contribution in [0.15, 0.2) is 54.6 Å². The number of phenolic OH excluding ortho intramolecular Hbond substituents is 1. The standard InChI is InChI=1S/C25H28OSi/c1-17-8-5-11-20(14-24-18(2)9-6-13-22(24)16-27-4)23(17)15-21-12-7-10-19(3)25(21)26/h5-13,26H,14-16H2,1-4H3. The molecular formula is C25H28OSi. The van der Waals surface area contributed by atoms with E-state index >= 15 is 0 Å². The topological polar surface area (TPSA) is 20.2 Å². The molecular weight excluding hydrogens is 344 g/mol. The Kier molecular flexibility index (Phi) is 6.18. The maximum atomic E-state index is 10.5. The molecule has 1 N–H and O–H groups in total. The van der Waals surface area contributed by atoms with E-state index in [1.165, 1.54) is 33.4 Å². The summed E-state index contributed by atoms with van der Waals surface area (Å²) >= 11 is 0. The quantitative estimate of drug-likeness (QED) is 0.546. The normalized spacial score (nSPS) is 11.0. The van der Waals surface area contributed by atoms with E-state index in [4.69, 9.17) is 0 Å². The van der Waals surface area contributed by atoms with Crippen LogP contribution in [-0.2, 0) is 18.9 Å². The Bertz CT molecular complexity index is 943. The van der Waals surface area contributed by atoms with E-state index in [1.54, 1.807) is 0 Å². The van der Waals surface area contributed by atoms with Gasteiger partial charge in [0.05, 0.1) is 0 Å². The lowest BCUT2D eigenvalue weighted by molar-refractivity contribution is 0.465. The predicted molar refractivity (Wildman–Crippen MR) is 116 cm³/mol. The molecule has 0 atom stereocenters. The molecule has 3 aromatic carbocycles. The fourth-order valence-electron chi connectivity index (χ4n) is 3.80. The summed E-state index contributed by atoms with van der Waals surface area (Å²) < 4.78 is 0. The molecule has 0 spiro atoms. The Labute approximate surface area is 165 Å². The van der Waals surface area contributed by atoms with Gasteiger partial charge in [0.1, 0.15) is 5.75 Å². The molecule has 0 amide bonds. The summed E-state index contributed by atoms with van der Waals surface area (Å²) in [5.74, 6) is 0.426. The van der Waals surface area contributed by atoms with Gasteiger partial charge in [0.15, 0.2) is 0 Å². The molecule has 2 heteroatoms. The van der Waals surface area contributed by atoms with Gasteiger partial charge < -0.3 is 5.11 Å². The van der Waals surface area contributed by atoms with Crippen LogP contribution in [0.2, 0.25) is 6.55 Å². The van der Waals surface area contributed by atoms with E-state index in [1.807, 2.05) is 25.1 Å². The maximum absolute atomic E-state index is 10.5. The van der Waals surface area contributed by atoms with Crippen LogP contribution in [-0.4, -0.2) is 14.6 Å². The van der Waals surface area contributed by atoms with Crippen molar-refractivity contribution in [2.24, 2.45) is 0 Å². The summed E-state index contributed by atoms with van der Waals surface area (Å²) in [6.07, 6.45) is 1.72. The Hall–Kier alpha value is -2.32. The summed E-state index contributed by atoms with van der Waals surface area (Å²) in [4.78, 5) is 0. The first-order chi connectivity index (χ1) is 13.0. The molecule has 0 heterocycles. The van der Waals surface area contributed by atoms with E-state index in [0.29, 0.717) is 5.75 Å². The van der Waals surface area contributed by atoms with Gasteiger partial charge in [0.25, 0.3) is 0 Å². The molecule has 1 nitrogen and oxygen atoms in total. The highest BCUT2D eigenvalue weighted by Gasteiger charge is 2.13. The van der Waals surface area contributed by atoms with Crippen LogP contribution >= 0.6 is 0 Å². The van der Waals surface area contributed by atoms with E-state index in [-0.39, 0.29) is 0 Å². The molecule has 0 bridgehead atoms. The van der Waals surface area contributed by atoms with Crippen molar-refractivity contribution in [2.75, 3.05) is 0 Å². The Morgan fingerprint density at radius 2 is 1.15 bits per heavy atom. The smallest absolute Gasteiger partial charge is 0.122 e. The zero-order valence-electron chi connectivity index (χ0n) is 16.8. The lowest BCUT2D eigenvalue weighted by Gasteiger charge is -2.17. The van der Waals surface area contributed by atoms with Gasteiger partial charge >= 0.3 is 0 Å². The van der Waals surface area contributed by atoms with Crippen LogP contribution in [0.3, 0.4) is 0 Å². The highest BCUT2D eigenvalue weighted by Crippen LogP contribution is 2.29. The third kappa shape index (κ3) is 4.33. The molecule has 0 unspecified atom stereocenters. The van der Waals surface area contributed by atoms with Crippen LogP contribution in [0, 0.1) is 20.8 Å². The fraction of sp³-hybridized carbons (Fsp3) is 0.280. The number of para-hydroxylation sites is 1. The molecule has 0 saturated heterocycles. The van der Waals surface area contributed by atoms with Gasteiger partial charge in [-0.15, -0.1) is 0 Å². The van der Waals surface area contributed by atoms with Crippen LogP contribution < -0.4 is 0 Å². The SMILES string of the molecule is C[Si]Cc1cccc(C)c1Cc1cccc(C)c1Cc1cccc(C)c1O. The number of rotatable bonds is 6. The summed E-state index contributed by atoms with van der Waals surface area (Å²) in [7, 11) is 0.925. The first-order valence-electron chi connectivity index (χ1n) is 9.58. The minimum atomic E-state index is 0.426. The summed E-state index contributed by atoms with van der Waals surface area (Å²) in [6, 6.07) is 20.4. The number of aromatic hydroxyl groups is 1. The van der Waals surface area contributed by atoms with Gasteiger partial charge in [-0.3, -0.25) is 0 Å². The average molecular weight is 373 g/mol. The summed E-state index contributed by atoms with van der Waals surface area (Å²) in [6.45, 7) is 8.63. The van der Waals surface area contributed by atoms with Crippen LogP contribution in [0.1, 0.15) is 44.5 Å². The second-order valence-electron chi connectivity index (χ2n) is 7.39. The third-order valence-corrected chi connectivity index (χ3v) is 6.17. The van der Waals surface area contributed by atoms with Crippen molar-refractivity contribution in [1.29, 1.82) is 0 Å². The van der Waals surface area contributed by atoms with Crippen LogP contribution in [0.4, 0.5) is 0 Å². The number of benzene rings is 3. The lowest BCUT2D eigenvalue weighted by atomic mass is 9.89. The van der Waals surface area contributed by atoms with E-state index < -0.39 is 0 Å². The molecule has 27 heavy (non-hydrogen) atoms. The highest BCUT2D eigenvalue weighted by molar-refractivity contribution is 6.32. The van der Waals surface area contributed by atoms with Crippen molar-refractivity contribution in [1.82, 2.24) is 0 Å². The van der Waals surface area contributed by atoms with Crippen LogP contribution in [0.5, 0.6) is 5.75 Å². The molecule has 0 saturated carbocycles. The monoisotopic (exact) mass is 372 g/mol. The second kappa shape index (κ2) is 8.58. The van der Waals surface area contributed by atoms with Crippen molar-refractivity contribution >= 4 is 9.52 Å². The maximum Gasteiger partial charge on any atom is 0.122 e. The highest BCUT2D eigenvalue weighted by atomic mass is 28.2. The number of phenols is 1. The Morgan fingerprint density at radius 1 is 0.667 bits per heavy atom. The fourth-order valence-corrected chi connectivity index (χ4v) is 4.51. The molecule has 3 aromatic rings. The molecule has 3 rings (SSSR count). The molecule has 0 fully saturated rings. The summed E-state index contributed by atoms with van der Waals surface area (Å²) in [5.41, 5.74) is 10.3. The van der Waals surface area contributed by atoms with Gasteiger partial charge in [-0.1, -0.05) is 61.1 Å². The van der Waals surface area contributed by atoms with Gasteiger partial charge in [-0.25, -0.2) is 0 Å². The molecule has 0 aromatic heterocycles. The van der Waals surface area contributed by atoms with E-state index in [2.05, 4.69) is 56.8 Å². The molecule has 0 aliphatic rings. The molecule has 0 aliphatic heterocycles. The van der Waals surface area contributed by atoms with E-state index in [9.17, 15) is 5.11 Å². The average Bonchev–Trinajstić information content (AvgIpc) is 2.64. The number of hydrogen-bond acceptors (Lipinski definition) is 1. The zero-order valence-corrected chi connectivity index (χ0v) is 17.8. The first kappa shape index (κ1) is 19.4. The number of aryl methyl sites for hydroxylation is 3. The van der Waals surface area contributed by atoms with Gasteiger partial charge in [0, 0.05) is 15.9 Å². The van der Waals surface area contributed by atoms with Crippen LogP contribution in [0.25, 0.3) is 0 Å². The number of hydrogen-bond donors (Lipinski definition) is 1. The minimum Gasteiger partial charge on any atom is -0.507 e.